The zero-order valence-corrected chi connectivity index (χ0v) is 15.0. The van der Waals surface area contributed by atoms with Gasteiger partial charge in [-0.15, -0.1) is 13.2 Å². The van der Waals surface area contributed by atoms with Crippen LogP contribution >= 0.6 is 0 Å². The molecule has 2 rings (SSSR count). The summed E-state index contributed by atoms with van der Waals surface area (Å²) in [6.07, 6.45) is 4.11. The molecule has 0 atom stereocenters. The minimum absolute atomic E-state index is 0.107. The summed E-state index contributed by atoms with van der Waals surface area (Å²) < 4.78 is 10.7. The van der Waals surface area contributed by atoms with Gasteiger partial charge in [-0.1, -0.05) is 12.2 Å². The zero-order valence-electron chi connectivity index (χ0n) is 15.0. The van der Waals surface area contributed by atoms with Crippen LogP contribution in [0.15, 0.2) is 55.6 Å². The standard InChI is InChI=1S/C21H25NO3/c1-5-12-22(13-6-2)14-11-20(23)18-9-10-21(25-4)19-15-16(24-3)7-8-17(18)19/h5-10,15H,1-2,11-14H2,3-4H3. The number of nitrogens with zero attached hydrogens (tertiary/aromatic N) is 1. The van der Waals surface area contributed by atoms with Crippen molar-refractivity contribution < 1.29 is 14.3 Å². The molecule has 0 spiro atoms. The van der Waals surface area contributed by atoms with Crippen molar-refractivity contribution >= 4 is 16.6 Å². The lowest BCUT2D eigenvalue weighted by atomic mass is 9.98. The van der Waals surface area contributed by atoms with Gasteiger partial charge < -0.3 is 9.47 Å². The first-order valence-corrected chi connectivity index (χ1v) is 8.26. The summed E-state index contributed by atoms with van der Waals surface area (Å²) in [4.78, 5) is 14.9. The molecule has 2 aromatic carbocycles. The first-order valence-electron chi connectivity index (χ1n) is 8.26. The second kappa shape index (κ2) is 9.04. The molecule has 0 fully saturated rings. The number of carbonyl (C=O) groups is 1. The van der Waals surface area contributed by atoms with E-state index in [1.165, 1.54) is 0 Å². The van der Waals surface area contributed by atoms with Gasteiger partial charge in [0.05, 0.1) is 14.2 Å². The highest BCUT2D eigenvalue weighted by Gasteiger charge is 2.15. The largest absolute Gasteiger partial charge is 0.497 e. The molecule has 25 heavy (non-hydrogen) atoms. The van der Waals surface area contributed by atoms with Crippen molar-refractivity contribution in [1.29, 1.82) is 0 Å². The molecule has 0 unspecified atom stereocenters. The van der Waals surface area contributed by atoms with Crippen molar-refractivity contribution in [3.63, 3.8) is 0 Å². The average Bonchev–Trinajstić information content (AvgIpc) is 2.64. The lowest BCUT2D eigenvalue weighted by Gasteiger charge is -2.18. The fourth-order valence-corrected chi connectivity index (χ4v) is 2.87. The molecule has 0 saturated carbocycles. The lowest BCUT2D eigenvalue weighted by molar-refractivity contribution is 0.0970. The molecule has 0 aliphatic rings. The van der Waals surface area contributed by atoms with E-state index in [0.29, 0.717) is 18.5 Å². The van der Waals surface area contributed by atoms with Crippen molar-refractivity contribution in [2.45, 2.75) is 6.42 Å². The number of methoxy groups -OCH3 is 2. The number of ketones is 1. The van der Waals surface area contributed by atoms with Gasteiger partial charge in [-0.2, -0.15) is 0 Å². The fourth-order valence-electron chi connectivity index (χ4n) is 2.87. The predicted octanol–water partition coefficient (Wildman–Crippen LogP) is 4.10. The van der Waals surface area contributed by atoms with Crippen LogP contribution in [0.2, 0.25) is 0 Å². The van der Waals surface area contributed by atoms with E-state index >= 15 is 0 Å². The molecule has 4 heteroatoms. The van der Waals surface area contributed by atoms with Gasteiger partial charge in [0.15, 0.2) is 5.78 Å². The smallest absolute Gasteiger partial charge is 0.164 e. The van der Waals surface area contributed by atoms with Crippen LogP contribution in [0, 0.1) is 0 Å². The van der Waals surface area contributed by atoms with Crippen LogP contribution in [0.1, 0.15) is 16.8 Å². The van der Waals surface area contributed by atoms with E-state index in [1.807, 2.05) is 42.5 Å². The van der Waals surface area contributed by atoms with Crippen molar-refractivity contribution in [2.24, 2.45) is 0 Å². The Morgan fingerprint density at radius 1 is 1.04 bits per heavy atom. The molecule has 0 aromatic heterocycles. The molecule has 4 nitrogen and oxygen atoms in total. The molecule has 0 saturated heterocycles. The number of hydrogen-bond acceptors (Lipinski definition) is 4. The Morgan fingerprint density at radius 3 is 2.36 bits per heavy atom. The summed E-state index contributed by atoms with van der Waals surface area (Å²) in [7, 11) is 3.24. The summed E-state index contributed by atoms with van der Waals surface area (Å²) in [5.74, 6) is 1.57. The van der Waals surface area contributed by atoms with Crippen LogP contribution in [0.5, 0.6) is 11.5 Å². The third-order valence-electron chi connectivity index (χ3n) is 4.13. The minimum Gasteiger partial charge on any atom is -0.497 e. The van der Waals surface area contributed by atoms with Crippen LogP contribution in [-0.2, 0) is 0 Å². The normalized spacial score (nSPS) is 10.7. The van der Waals surface area contributed by atoms with Crippen LogP contribution < -0.4 is 9.47 Å². The number of hydrogen-bond donors (Lipinski definition) is 0. The summed E-state index contributed by atoms with van der Waals surface area (Å²) in [6.45, 7) is 9.65. The van der Waals surface area contributed by atoms with Gasteiger partial charge in [-0.3, -0.25) is 9.69 Å². The minimum atomic E-state index is 0.107. The van der Waals surface area contributed by atoms with Crippen molar-refractivity contribution in [1.82, 2.24) is 4.90 Å². The monoisotopic (exact) mass is 339 g/mol. The van der Waals surface area contributed by atoms with E-state index in [2.05, 4.69) is 18.1 Å². The highest BCUT2D eigenvalue weighted by molar-refractivity contribution is 6.09. The van der Waals surface area contributed by atoms with E-state index in [0.717, 1.165) is 35.4 Å². The summed E-state index contributed by atoms with van der Waals surface area (Å²) >= 11 is 0. The zero-order chi connectivity index (χ0) is 18.2. The van der Waals surface area contributed by atoms with Crippen molar-refractivity contribution in [3.05, 3.63) is 61.2 Å². The maximum Gasteiger partial charge on any atom is 0.164 e. The number of rotatable bonds is 10. The molecule has 0 aliphatic heterocycles. The number of benzene rings is 2. The Morgan fingerprint density at radius 2 is 1.76 bits per heavy atom. The van der Waals surface area contributed by atoms with Gasteiger partial charge >= 0.3 is 0 Å². The van der Waals surface area contributed by atoms with Gasteiger partial charge in [0, 0.05) is 37.0 Å². The molecule has 0 heterocycles. The molecule has 132 valence electrons. The van der Waals surface area contributed by atoms with Gasteiger partial charge in [0.2, 0.25) is 0 Å². The Labute approximate surface area is 149 Å². The Bertz CT molecular complexity index is 757. The summed E-state index contributed by atoms with van der Waals surface area (Å²) in [6, 6.07) is 9.34. The molecule has 0 N–H and O–H groups in total. The number of fused-ring (bicyclic) bond motifs is 1. The number of ether oxygens (including phenoxy) is 2. The van der Waals surface area contributed by atoms with E-state index in [4.69, 9.17) is 9.47 Å². The average molecular weight is 339 g/mol. The van der Waals surface area contributed by atoms with Gasteiger partial charge in [0.1, 0.15) is 11.5 Å². The second-order valence-corrected chi connectivity index (χ2v) is 5.74. The van der Waals surface area contributed by atoms with Crippen molar-refractivity contribution in [2.75, 3.05) is 33.9 Å². The highest BCUT2D eigenvalue weighted by Crippen LogP contribution is 2.32. The third kappa shape index (κ3) is 4.48. The molecular formula is C21H25NO3. The van der Waals surface area contributed by atoms with E-state index in [9.17, 15) is 4.79 Å². The van der Waals surface area contributed by atoms with Gasteiger partial charge in [0.25, 0.3) is 0 Å². The van der Waals surface area contributed by atoms with E-state index in [1.54, 1.807) is 14.2 Å². The highest BCUT2D eigenvalue weighted by atomic mass is 16.5. The molecule has 0 aliphatic carbocycles. The van der Waals surface area contributed by atoms with E-state index in [-0.39, 0.29) is 5.78 Å². The van der Waals surface area contributed by atoms with Crippen LogP contribution in [0.4, 0.5) is 0 Å². The third-order valence-corrected chi connectivity index (χ3v) is 4.13. The maximum absolute atomic E-state index is 12.8. The molecular weight excluding hydrogens is 314 g/mol. The molecule has 0 amide bonds. The number of Topliss-reactive ketones (excluding diaryl/α,β-unsaturated/α-hetero) is 1. The second-order valence-electron chi connectivity index (χ2n) is 5.74. The lowest BCUT2D eigenvalue weighted by Crippen LogP contribution is -2.26. The van der Waals surface area contributed by atoms with E-state index < -0.39 is 0 Å². The fraction of sp³-hybridized carbons (Fsp3) is 0.286. The van der Waals surface area contributed by atoms with Crippen LogP contribution in [-0.4, -0.2) is 44.5 Å². The van der Waals surface area contributed by atoms with Gasteiger partial charge in [-0.05, 0) is 35.7 Å². The molecule has 0 bridgehead atoms. The quantitative estimate of drug-likeness (QED) is 0.482. The topological polar surface area (TPSA) is 38.8 Å². The van der Waals surface area contributed by atoms with Gasteiger partial charge in [-0.25, -0.2) is 0 Å². The number of carbonyl (C=O) groups excluding carboxylic acids is 1. The summed E-state index contributed by atoms with van der Waals surface area (Å²) in [5, 5.41) is 1.76. The molecule has 2 aromatic rings. The Kier molecular flexibility index (Phi) is 6.78. The van der Waals surface area contributed by atoms with Crippen molar-refractivity contribution in [3.8, 4) is 11.5 Å². The first kappa shape index (κ1) is 18.7. The predicted molar refractivity (Wildman–Crippen MR) is 103 cm³/mol. The van der Waals surface area contributed by atoms with Crippen LogP contribution in [0.3, 0.4) is 0 Å². The Balaban J connectivity index is 2.29. The first-order chi connectivity index (χ1) is 12.1. The maximum atomic E-state index is 12.8. The Hall–Kier alpha value is -2.59. The van der Waals surface area contributed by atoms with Crippen LogP contribution in [0.25, 0.3) is 10.8 Å². The molecule has 0 radical (unpaired) electrons. The summed E-state index contributed by atoms with van der Waals surface area (Å²) in [5.41, 5.74) is 0.704. The SMILES string of the molecule is C=CCN(CC=C)CCC(=O)c1ccc(OC)c2cc(OC)ccc12.